The Kier molecular flexibility index (Phi) is 9.26. The first-order valence-corrected chi connectivity index (χ1v) is 4.55. The average Bonchev–Trinajstić information content (AvgIpc) is 2.04. The standard InChI is InChI=1S/C10H18O3.Cu/c1-5-13-8(4)10(12)6-9(11)7(2)3;/h6-8,12H,5H2,1-4H3;/b10-6-;. The Morgan fingerprint density at radius 1 is 1.43 bits per heavy atom. The molecule has 0 aliphatic carbocycles. The molecule has 0 amide bonds. The fourth-order valence-corrected chi connectivity index (χ4v) is 0.765. The van der Waals surface area contributed by atoms with Crippen molar-refractivity contribution in [2.45, 2.75) is 33.8 Å². The summed E-state index contributed by atoms with van der Waals surface area (Å²) in [4.78, 5) is 11.2. The Balaban J connectivity index is 0. The van der Waals surface area contributed by atoms with Gasteiger partial charge in [-0.3, -0.25) is 4.79 Å². The molecule has 3 nitrogen and oxygen atoms in total. The molecule has 0 aromatic rings. The van der Waals surface area contributed by atoms with Crippen molar-refractivity contribution in [2.24, 2.45) is 5.92 Å². The van der Waals surface area contributed by atoms with E-state index in [1.807, 2.05) is 6.92 Å². The van der Waals surface area contributed by atoms with Crippen molar-refractivity contribution >= 4 is 5.78 Å². The largest absolute Gasteiger partial charge is 0.509 e. The maximum Gasteiger partial charge on any atom is 0.161 e. The zero-order valence-corrected chi connectivity index (χ0v) is 9.95. The molecule has 87 valence electrons. The predicted octanol–water partition coefficient (Wildman–Crippen LogP) is 2.08. The van der Waals surface area contributed by atoms with Crippen molar-refractivity contribution in [2.75, 3.05) is 6.61 Å². The van der Waals surface area contributed by atoms with E-state index in [9.17, 15) is 9.90 Å². The van der Waals surface area contributed by atoms with E-state index in [0.29, 0.717) is 6.61 Å². The number of aliphatic hydroxyl groups excluding tert-OH is 1. The average molecular weight is 250 g/mol. The van der Waals surface area contributed by atoms with Gasteiger partial charge in [0.1, 0.15) is 11.9 Å². The fourth-order valence-electron chi connectivity index (χ4n) is 0.765. The first-order valence-electron chi connectivity index (χ1n) is 4.55. The van der Waals surface area contributed by atoms with Crippen LogP contribution in [0.1, 0.15) is 27.7 Å². The summed E-state index contributed by atoms with van der Waals surface area (Å²) >= 11 is 0. The molecule has 0 spiro atoms. The molecule has 14 heavy (non-hydrogen) atoms. The van der Waals surface area contributed by atoms with E-state index in [1.165, 1.54) is 6.08 Å². The van der Waals surface area contributed by atoms with Gasteiger partial charge in [-0.2, -0.15) is 0 Å². The van der Waals surface area contributed by atoms with Gasteiger partial charge in [-0.25, -0.2) is 0 Å². The maximum atomic E-state index is 11.2. The molecule has 0 bridgehead atoms. The topological polar surface area (TPSA) is 46.5 Å². The van der Waals surface area contributed by atoms with E-state index in [1.54, 1.807) is 20.8 Å². The first-order chi connectivity index (χ1) is 5.99. The fraction of sp³-hybridized carbons (Fsp3) is 0.700. The van der Waals surface area contributed by atoms with E-state index >= 15 is 0 Å². The molecule has 0 fully saturated rings. The van der Waals surface area contributed by atoms with E-state index in [0.717, 1.165) is 0 Å². The number of ether oxygens (including phenoxy) is 1. The summed E-state index contributed by atoms with van der Waals surface area (Å²) in [6, 6.07) is 0. The number of hydrogen-bond acceptors (Lipinski definition) is 3. The van der Waals surface area contributed by atoms with Gasteiger partial charge in [0.25, 0.3) is 0 Å². The molecule has 1 radical (unpaired) electrons. The molecule has 0 heterocycles. The van der Waals surface area contributed by atoms with Gasteiger partial charge in [0.2, 0.25) is 0 Å². The first kappa shape index (κ1) is 16.1. The molecule has 0 aliphatic rings. The molecule has 1 unspecified atom stereocenters. The number of carbonyl (C=O) groups excluding carboxylic acids is 1. The summed E-state index contributed by atoms with van der Waals surface area (Å²) in [5.74, 6) is -0.166. The Labute approximate surface area is 96.0 Å². The van der Waals surface area contributed by atoms with Crippen LogP contribution in [0.4, 0.5) is 0 Å². The minimum atomic E-state index is -0.396. The third-order valence-corrected chi connectivity index (χ3v) is 1.69. The van der Waals surface area contributed by atoms with Gasteiger partial charge >= 0.3 is 0 Å². The molecular formula is C10H18CuO3. The molecule has 0 saturated heterocycles. The van der Waals surface area contributed by atoms with E-state index in [-0.39, 0.29) is 34.5 Å². The third-order valence-electron chi connectivity index (χ3n) is 1.69. The summed E-state index contributed by atoms with van der Waals surface area (Å²) in [5, 5.41) is 9.38. The van der Waals surface area contributed by atoms with Crippen LogP contribution in [0.15, 0.2) is 11.8 Å². The molecule has 4 heteroatoms. The van der Waals surface area contributed by atoms with Crippen LogP contribution in [-0.4, -0.2) is 23.6 Å². The van der Waals surface area contributed by atoms with Crippen LogP contribution in [0.25, 0.3) is 0 Å². The van der Waals surface area contributed by atoms with Crippen molar-refractivity contribution in [1.29, 1.82) is 0 Å². The number of hydrogen-bond donors (Lipinski definition) is 1. The second kappa shape index (κ2) is 8.04. The van der Waals surface area contributed by atoms with Gasteiger partial charge < -0.3 is 9.84 Å². The number of ketones is 1. The van der Waals surface area contributed by atoms with Gasteiger partial charge in [-0.1, -0.05) is 13.8 Å². The monoisotopic (exact) mass is 249 g/mol. The van der Waals surface area contributed by atoms with Crippen molar-refractivity contribution in [3.63, 3.8) is 0 Å². The minimum absolute atomic E-state index is 0. The molecule has 0 aliphatic heterocycles. The van der Waals surface area contributed by atoms with Crippen molar-refractivity contribution in [3.05, 3.63) is 11.8 Å². The summed E-state index contributed by atoms with van der Waals surface area (Å²) in [5.41, 5.74) is 0. The Bertz CT molecular complexity index is 200. The van der Waals surface area contributed by atoms with Crippen LogP contribution in [0.5, 0.6) is 0 Å². The third kappa shape index (κ3) is 6.19. The molecular weight excluding hydrogens is 232 g/mol. The van der Waals surface area contributed by atoms with E-state index in [2.05, 4.69) is 0 Å². The van der Waals surface area contributed by atoms with E-state index < -0.39 is 6.10 Å². The van der Waals surface area contributed by atoms with Crippen LogP contribution in [0, 0.1) is 5.92 Å². The summed E-state index contributed by atoms with van der Waals surface area (Å²) in [6.45, 7) is 7.65. The van der Waals surface area contributed by atoms with Gasteiger partial charge in [-0.05, 0) is 13.8 Å². The normalized spacial score (nSPS) is 13.6. The second-order valence-corrected chi connectivity index (χ2v) is 3.22. The number of aliphatic hydroxyl groups is 1. The minimum Gasteiger partial charge on any atom is -0.509 e. The zero-order chi connectivity index (χ0) is 10.4. The molecule has 0 saturated carbocycles. The number of rotatable bonds is 5. The maximum absolute atomic E-state index is 11.2. The molecule has 0 aromatic heterocycles. The molecule has 1 atom stereocenters. The van der Waals surface area contributed by atoms with Crippen LogP contribution >= 0.6 is 0 Å². The second-order valence-electron chi connectivity index (χ2n) is 3.22. The van der Waals surface area contributed by atoms with Crippen LogP contribution in [0.3, 0.4) is 0 Å². The van der Waals surface area contributed by atoms with Crippen LogP contribution < -0.4 is 0 Å². The predicted molar refractivity (Wildman–Crippen MR) is 51.6 cm³/mol. The van der Waals surface area contributed by atoms with Gasteiger partial charge in [0, 0.05) is 35.7 Å². The summed E-state index contributed by atoms with van der Waals surface area (Å²) in [6.07, 6.45) is 0.845. The quantitative estimate of drug-likeness (QED) is 0.461. The molecule has 0 rings (SSSR count). The molecule has 0 aromatic carbocycles. The van der Waals surface area contributed by atoms with Gasteiger partial charge in [-0.15, -0.1) is 0 Å². The summed E-state index contributed by atoms with van der Waals surface area (Å²) < 4.78 is 5.11. The van der Waals surface area contributed by atoms with E-state index in [4.69, 9.17) is 4.74 Å². The van der Waals surface area contributed by atoms with Crippen LogP contribution in [0.2, 0.25) is 0 Å². The van der Waals surface area contributed by atoms with Crippen molar-refractivity contribution < 1.29 is 31.7 Å². The Morgan fingerprint density at radius 3 is 2.29 bits per heavy atom. The SMILES string of the molecule is CCOC(C)/C(O)=C/C(=O)C(C)C.[Cu]. The Hall–Kier alpha value is -0.311. The van der Waals surface area contributed by atoms with Gasteiger partial charge in [0.15, 0.2) is 5.78 Å². The number of carbonyl (C=O) groups is 1. The van der Waals surface area contributed by atoms with Crippen LogP contribution in [-0.2, 0) is 26.6 Å². The van der Waals surface area contributed by atoms with Crippen molar-refractivity contribution in [1.82, 2.24) is 0 Å². The zero-order valence-electron chi connectivity index (χ0n) is 9.00. The van der Waals surface area contributed by atoms with Crippen molar-refractivity contribution in [3.8, 4) is 0 Å². The smallest absolute Gasteiger partial charge is 0.161 e. The summed E-state index contributed by atoms with van der Waals surface area (Å²) in [7, 11) is 0. The van der Waals surface area contributed by atoms with Gasteiger partial charge in [0.05, 0.1) is 0 Å². The molecule has 1 N–H and O–H groups in total. The Morgan fingerprint density at radius 2 is 1.93 bits per heavy atom. The number of allylic oxidation sites excluding steroid dienone is 1.